The third-order valence-electron chi connectivity index (χ3n) is 2.17. The van der Waals surface area contributed by atoms with E-state index in [4.69, 9.17) is 9.47 Å². The van der Waals surface area contributed by atoms with E-state index in [1.54, 1.807) is 0 Å². The van der Waals surface area contributed by atoms with Gasteiger partial charge in [-0.1, -0.05) is 0 Å². The quantitative estimate of drug-likeness (QED) is 0.704. The van der Waals surface area contributed by atoms with Crippen molar-refractivity contribution in [1.29, 1.82) is 0 Å². The number of amides is 1. The number of aromatic nitrogens is 1. The lowest BCUT2D eigenvalue weighted by Crippen LogP contribution is -2.33. The molecule has 1 N–H and O–H groups in total. The standard InChI is InChI=1S/C12H14N2O6/c1-18-10-4-3-8(5-14-10)12(17)20-7-9(15)13-6-11(16)19-2/h3-5H,6-7H2,1-2H3,(H,13,15). The molecule has 0 saturated carbocycles. The first kappa shape index (κ1) is 15.4. The SMILES string of the molecule is COC(=O)CNC(=O)COC(=O)c1ccc(OC)nc1. The number of carbonyl (C=O) groups is 3. The highest BCUT2D eigenvalue weighted by Gasteiger charge is 2.11. The van der Waals surface area contributed by atoms with Crippen LogP contribution in [0.1, 0.15) is 10.4 Å². The maximum absolute atomic E-state index is 11.6. The van der Waals surface area contributed by atoms with Gasteiger partial charge in [-0.25, -0.2) is 9.78 Å². The fraction of sp³-hybridized carbons (Fsp3) is 0.333. The maximum Gasteiger partial charge on any atom is 0.340 e. The monoisotopic (exact) mass is 282 g/mol. The molecule has 0 bridgehead atoms. The van der Waals surface area contributed by atoms with E-state index in [1.165, 1.54) is 32.5 Å². The molecule has 108 valence electrons. The Balaban J connectivity index is 2.38. The van der Waals surface area contributed by atoms with E-state index in [0.717, 1.165) is 0 Å². The zero-order chi connectivity index (χ0) is 15.0. The van der Waals surface area contributed by atoms with Crippen molar-refractivity contribution in [3.8, 4) is 5.88 Å². The van der Waals surface area contributed by atoms with Gasteiger partial charge in [-0.3, -0.25) is 9.59 Å². The molecule has 0 saturated heterocycles. The molecule has 8 nitrogen and oxygen atoms in total. The minimum atomic E-state index is -0.701. The molecule has 0 spiro atoms. The molecule has 20 heavy (non-hydrogen) atoms. The number of rotatable bonds is 6. The first-order chi connectivity index (χ1) is 9.56. The smallest absolute Gasteiger partial charge is 0.340 e. The Morgan fingerprint density at radius 3 is 2.55 bits per heavy atom. The molecule has 1 rings (SSSR count). The van der Waals surface area contributed by atoms with E-state index in [-0.39, 0.29) is 12.1 Å². The van der Waals surface area contributed by atoms with Gasteiger partial charge in [-0.15, -0.1) is 0 Å². The lowest BCUT2D eigenvalue weighted by Gasteiger charge is -2.06. The Hall–Kier alpha value is -2.64. The molecular formula is C12H14N2O6. The first-order valence-corrected chi connectivity index (χ1v) is 5.57. The fourth-order valence-corrected chi connectivity index (χ4v) is 1.13. The van der Waals surface area contributed by atoms with Crippen LogP contribution in [0, 0.1) is 0 Å². The van der Waals surface area contributed by atoms with Crippen LogP contribution in [-0.4, -0.2) is 50.2 Å². The summed E-state index contributed by atoms with van der Waals surface area (Å²) in [5.41, 5.74) is 0.187. The summed E-state index contributed by atoms with van der Waals surface area (Å²) >= 11 is 0. The van der Waals surface area contributed by atoms with Gasteiger partial charge in [0, 0.05) is 12.3 Å². The van der Waals surface area contributed by atoms with Crippen LogP contribution >= 0.6 is 0 Å². The minimum absolute atomic E-state index is 0.187. The van der Waals surface area contributed by atoms with E-state index in [1.807, 2.05) is 0 Å². The van der Waals surface area contributed by atoms with Crippen molar-refractivity contribution in [2.45, 2.75) is 0 Å². The molecular weight excluding hydrogens is 268 g/mol. The van der Waals surface area contributed by atoms with E-state index in [2.05, 4.69) is 15.0 Å². The Labute approximate surface area is 115 Å². The minimum Gasteiger partial charge on any atom is -0.481 e. The number of nitrogens with one attached hydrogen (secondary N) is 1. The van der Waals surface area contributed by atoms with Gasteiger partial charge in [0.25, 0.3) is 5.91 Å². The van der Waals surface area contributed by atoms with Crippen LogP contribution in [0.5, 0.6) is 5.88 Å². The lowest BCUT2D eigenvalue weighted by molar-refractivity contribution is -0.141. The Morgan fingerprint density at radius 2 is 2.00 bits per heavy atom. The van der Waals surface area contributed by atoms with Gasteiger partial charge in [0.2, 0.25) is 5.88 Å². The van der Waals surface area contributed by atoms with Gasteiger partial charge in [-0.2, -0.15) is 0 Å². The van der Waals surface area contributed by atoms with Gasteiger partial charge in [0.1, 0.15) is 6.54 Å². The lowest BCUT2D eigenvalue weighted by atomic mass is 10.3. The summed E-state index contributed by atoms with van der Waals surface area (Å²) in [5.74, 6) is -1.54. The Morgan fingerprint density at radius 1 is 1.25 bits per heavy atom. The number of nitrogens with zero attached hydrogens (tertiary/aromatic N) is 1. The second kappa shape index (κ2) is 7.72. The van der Waals surface area contributed by atoms with E-state index < -0.39 is 24.5 Å². The van der Waals surface area contributed by atoms with E-state index >= 15 is 0 Å². The highest BCUT2D eigenvalue weighted by Crippen LogP contribution is 2.07. The number of esters is 2. The predicted octanol–water partition coefficient (Wildman–Crippen LogP) is -0.464. The van der Waals surface area contributed by atoms with Crippen LogP contribution in [0.2, 0.25) is 0 Å². The highest BCUT2D eigenvalue weighted by atomic mass is 16.5. The van der Waals surface area contributed by atoms with Crippen LogP contribution in [0.15, 0.2) is 18.3 Å². The van der Waals surface area contributed by atoms with Crippen LogP contribution in [0.4, 0.5) is 0 Å². The number of ether oxygens (including phenoxy) is 3. The molecule has 0 fully saturated rings. The topological polar surface area (TPSA) is 104 Å². The predicted molar refractivity (Wildman–Crippen MR) is 66.1 cm³/mol. The molecule has 8 heteroatoms. The number of pyridine rings is 1. The molecule has 0 radical (unpaired) electrons. The normalized spacial score (nSPS) is 9.50. The van der Waals surface area contributed by atoms with Gasteiger partial charge in [0.15, 0.2) is 6.61 Å². The van der Waals surface area contributed by atoms with Crippen molar-refractivity contribution in [2.24, 2.45) is 0 Å². The number of hydrogen-bond acceptors (Lipinski definition) is 7. The van der Waals surface area contributed by atoms with Crippen molar-refractivity contribution < 1.29 is 28.6 Å². The summed E-state index contributed by atoms with van der Waals surface area (Å²) in [5, 5.41) is 2.23. The van der Waals surface area contributed by atoms with E-state index in [9.17, 15) is 14.4 Å². The Kier molecular flexibility index (Phi) is 5.95. The largest absolute Gasteiger partial charge is 0.481 e. The highest BCUT2D eigenvalue weighted by molar-refractivity contribution is 5.91. The van der Waals surface area contributed by atoms with Crippen molar-refractivity contribution in [3.63, 3.8) is 0 Å². The van der Waals surface area contributed by atoms with Gasteiger partial charge < -0.3 is 19.5 Å². The summed E-state index contributed by atoms with van der Waals surface area (Å²) in [6.45, 7) is -0.779. The van der Waals surface area contributed by atoms with Gasteiger partial charge in [-0.05, 0) is 6.07 Å². The number of methoxy groups -OCH3 is 2. The first-order valence-electron chi connectivity index (χ1n) is 5.57. The molecule has 1 aromatic rings. The molecule has 0 unspecified atom stereocenters. The second-order valence-electron chi connectivity index (χ2n) is 3.52. The summed E-state index contributed by atoms with van der Waals surface area (Å²) in [4.78, 5) is 37.4. The van der Waals surface area contributed by atoms with Crippen molar-refractivity contribution in [1.82, 2.24) is 10.3 Å². The molecule has 1 amide bonds. The summed E-state index contributed by atoms with van der Waals surface area (Å²) in [6.07, 6.45) is 1.27. The third-order valence-corrected chi connectivity index (χ3v) is 2.17. The van der Waals surface area contributed by atoms with Crippen LogP contribution in [-0.2, 0) is 19.1 Å². The van der Waals surface area contributed by atoms with Crippen LogP contribution < -0.4 is 10.1 Å². The molecule has 0 atom stereocenters. The Bertz CT molecular complexity index is 485. The number of hydrogen-bond donors (Lipinski definition) is 1. The third kappa shape index (κ3) is 4.92. The fourth-order valence-electron chi connectivity index (χ4n) is 1.13. The average Bonchev–Trinajstić information content (AvgIpc) is 2.50. The van der Waals surface area contributed by atoms with Gasteiger partial charge in [0.05, 0.1) is 19.8 Å². The summed E-state index contributed by atoms with van der Waals surface area (Å²) in [6, 6.07) is 2.95. The van der Waals surface area contributed by atoms with E-state index in [0.29, 0.717) is 5.88 Å². The molecule has 0 aliphatic heterocycles. The van der Waals surface area contributed by atoms with Crippen LogP contribution in [0.3, 0.4) is 0 Å². The second-order valence-corrected chi connectivity index (χ2v) is 3.52. The molecule has 0 aliphatic carbocycles. The van der Waals surface area contributed by atoms with Crippen LogP contribution in [0.25, 0.3) is 0 Å². The van der Waals surface area contributed by atoms with Gasteiger partial charge >= 0.3 is 11.9 Å². The summed E-state index contributed by atoms with van der Waals surface area (Å²) in [7, 11) is 2.65. The molecule has 1 aromatic heterocycles. The maximum atomic E-state index is 11.6. The number of carbonyl (C=O) groups excluding carboxylic acids is 3. The van der Waals surface area contributed by atoms with Crippen molar-refractivity contribution >= 4 is 17.8 Å². The molecule has 0 aromatic carbocycles. The molecule has 0 aliphatic rings. The molecule has 1 heterocycles. The average molecular weight is 282 g/mol. The summed E-state index contributed by atoms with van der Waals surface area (Å²) < 4.78 is 13.9. The van der Waals surface area contributed by atoms with Crippen molar-refractivity contribution in [2.75, 3.05) is 27.4 Å². The zero-order valence-electron chi connectivity index (χ0n) is 11.0. The zero-order valence-corrected chi connectivity index (χ0v) is 11.0. The van der Waals surface area contributed by atoms with Crippen molar-refractivity contribution in [3.05, 3.63) is 23.9 Å².